The van der Waals surface area contributed by atoms with E-state index in [0.29, 0.717) is 6.04 Å². The molecule has 2 fully saturated rings. The summed E-state index contributed by atoms with van der Waals surface area (Å²) in [6.07, 6.45) is 2.60. The third-order valence-corrected chi connectivity index (χ3v) is 5.66. The molecular formula is C14H28N2S. The molecule has 1 saturated carbocycles. The third-order valence-electron chi connectivity index (χ3n) is 4.52. The second-order valence-corrected chi connectivity index (χ2v) is 7.87. The van der Waals surface area contributed by atoms with Gasteiger partial charge >= 0.3 is 0 Å². The van der Waals surface area contributed by atoms with Gasteiger partial charge in [-0.3, -0.25) is 0 Å². The highest BCUT2D eigenvalue weighted by atomic mass is 32.2. The summed E-state index contributed by atoms with van der Waals surface area (Å²) >= 11 is 2.11. The molecule has 3 heteroatoms. The van der Waals surface area contributed by atoms with E-state index in [-0.39, 0.29) is 0 Å². The summed E-state index contributed by atoms with van der Waals surface area (Å²) < 4.78 is 0. The van der Waals surface area contributed by atoms with Crippen molar-refractivity contribution in [2.45, 2.75) is 44.9 Å². The van der Waals surface area contributed by atoms with Gasteiger partial charge in [0.05, 0.1) is 0 Å². The smallest absolute Gasteiger partial charge is 0.0147 e. The van der Waals surface area contributed by atoms with Crippen LogP contribution in [0.25, 0.3) is 0 Å². The van der Waals surface area contributed by atoms with E-state index in [2.05, 4.69) is 37.4 Å². The maximum atomic E-state index is 6.38. The minimum absolute atomic E-state index is 0.429. The molecule has 0 amide bonds. The average Bonchev–Trinajstić information content (AvgIpc) is 2.23. The van der Waals surface area contributed by atoms with Crippen LogP contribution in [0, 0.1) is 17.8 Å². The van der Waals surface area contributed by atoms with Crippen LogP contribution in [0.1, 0.15) is 33.6 Å². The van der Waals surface area contributed by atoms with Gasteiger partial charge in [-0.2, -0.15) is 11.8 Å². The maximum Gasteiger partial charge on any atom is 0.0147 e. The first-order valence-electron chi connectivity index (χ1n) is 7.15. The highest BCUT2D eigenvalue weighted by Gasteiger charge is 2.33. The third kappa shape index (κ3) is 3.62. The number of nitrogens with zero attached hydrogens (tertiary/aromatic N) is 1. The van der Waals surface area contributed by atoms with Crippen molar-refractivity contribution in [3.63, 3.8) is 0 Å². The molecule has 1 aliphatic heterocycles. The number of thioether (sulfide) groups is 1. The molecule has 0 aromatic carbocycles. The van der Waals surface area contributed by atoms with Crippen LogP contribution in [-0.2, 0) is 0 Å². The molecule has 5 atom stereocenters. The zero-order valence-electron chi connectivity index (χ0n) is 11.6. The fourth-order valence-electron chi connectivity index (χ4n) is 3.64. The Hall–Kier alpha value is 0.270. The molecule has 1 heterocycles. The quantitative estimate of drug-likeness (QED) is 0.823. The van der Waals surface area contributed by atoms with Gasteiger partial charge in [0.1, 0.15) is 0 Å². The summed E-state index contributed by atoms with van der Waals surface area (Å²) in [7, 11) is 0. The van der Waals surface area contributed by atoms with E-state index in [0.717, 1.165) is 23.0 Å². The van der Waals surface area contributed by atoms with E-state index in [9.17, 15) is 0 Å². The summed E-state index contributed by atoms with van der Waals surface area (Å²) in [4.78, 5) is 2.65. The molecule has 1 saturated heterocycles. The van der Waals surface area contributed by atoms with Gasteiger partial charge in [-0.15, -0.1) is 0 Å². The molecule has 2 rings (SSSR count). The molecular weight excluding hydrogens is 228 g/mol. The van der Waals surface area contributed by atoms with E-state index in [1.165, 1.54) is 38.2 Å². The monoisotopic (exact) mass is 256 g/mol. The standard InChI is InChI=1S/C14H28N2S/c1-10-6-11(2)13(14(15)7-10)9-16-4-5-17-12(3)8-16/h10-14H,4-9,15H2,1-3H3. The molecule has 0 spiro atoms. The minimum Gasteiger partial charge on any atom is -0.327 e. The second-order valence-electron chi connectivity index (χ2n) is 6.32. The van der Waals surface area contributed by atoms with Crippen molar-refractivity contribution in [1.82, 2.24) is 4.90 Å². The van der Waals surface area contributed by atoms with Crippen molar-refractivity contribution in [1.29, 1.82) is 0 Å². The van der Waals surface area contributed by atoms with Crippen molar-refractivity contribution < 1.29 is 0 Å². The Kier molecular flexibility index (Phi) is 4.79. The molecule has 2 N–H and O–H groups in total. The summed E-state index contributed by atoms with van der Waals surface area (Å²) in [6, 6.07) is 0.429. The number of nitrogens with two attached hydrogens (primary N) is 1. The van der Waals surface area contributed by atoms with Crippen LogP contribution < -0.4 is 5.73 Å². The van der Waals surface area contributed by atoms with Gasteiger partial charge < -0.3 is 10.6 Å². The molecule has 1 aliphatic carbocycles. The Morgan fingerprint density at radius 2 is 2.00 bits per heavy atom. The first-order chi connectivity index (χ1) is 8.06. The Labute approximate surface area is 111 Å². The first-order valence-corrected chi connectivity index (χ1v) is 8.20. The zero-order valence-corrected chi connectivity index (χ0v) is 12.4. The number of rotatable bonds is 2. The molecule has 0 radical (unpaired) electrons. The largest absolute Gasteiger partial charge is 0.327 e. The highest BCUT2D eigenvalue weighted by Crippen LogP contribution is 2.33. The summed E-state index contributed by atoms with van der Waals surface area (Å²) in [5.74, 6) is 3.65. The summed E-state index contributed by atoms with van der Waals surface area (Å²) in [5.41, 5.74) is 6.38. The van der Waals surface area contributed by atoms with Crippen molar-refractivity contribution in [2.75, 3.05) is 25.4 Å². The van der Waals surface area contributed by atoms with Crippen LogP contribution in [-0.4, -0.2) is 41.6 Å². The molecule has 100 valence electrons. The van der Waals surface area contributed by atoms with Crippen LogP contribution in [0.3, 0.4) is 0 Å². The Balaban J connectivity index is 1.88. The predicted octanol–water partition coefficient (Wildman–Crippen LogP) is 2.43. The average molecular weight is 256 g/mol. The normalized spacial score (nSPS) is 44.8. The van der Waals surface area contributed by atoms with Crippen LogP contribution in [0.15, 0.2) is 0 Å². The minimum atomic E-state index is 0.429. The van der Waals surface area contributed by atoms with Gasteiger partial charge in [0.2, 0.25) is 0 Å². The van der Waals surface area contributed by atoms with Gasteiger partial charge in [0, 0.05) is 36.7 Å². The lowest BCUT2D eigenvalue weighted by Crippen LogP contribution is -2.49. The van der Waals surface area contributed by atoms with Gasteiger partial charge in [0.15, 0.2) is 0 Å². The maximum absolute atomic E-state index is 6.38. The van der Waals surface area contributed by atoms with Crippen LogP contribution >= 0.6 is 11.8 Å². The van der Waals surface area contributed by atoms with E-state index < -0.39 is 0 Å². The topological polar surface area (TPSA) is 29.3 Å². The predicted molar refractivity (Wildman–Crippen MR) is 77.4 cm³/mol. The summed E-state index contributed by atoms with van der Waals surface area (Å²) in [6.45, 7) is 10.9. The van der Waals surface area contributed by atoms with Crippen molar-refractivity contribution >= 4 is 11.8 Å². The van der Waals surface area contributed by atoms with E-state index in [1.54, 1.807) is 0 Å². The first kappa shape index (κ1) is 13.7. The Morgan fingerprint density at radius 1 is 1.24 bits per heavy atom. The fraction of sp³-hybridized carbons (Fsp3) is 1.00. The number of hydrogen-bond donors (Lipinski definition) is 1. The molecule has 0 aromatic rings. The van der Waals surface area contributed by atoms with Crippen LogP contribution in [0.2, 0.25) is 0 Å². The van der Waals surface area contributed by atoms with Gasteiger partial charge in [-0.25, -0.2) is 0 Å². The molecule has 0 aromatic heterocycles. The SMILES string of the molecule is CC1CC(C)C(CN2CCSC(C)C2)C(N)C1. The molecule has 5 unspecified atom stereocenters. The van der Waals surface area contributed by atoms with Gasteiger partial charge in [-0.05, 0) is 30.6 Å². The van der Waals surface area contributed by atoms with Crippen molar-refractivity contribution in [3.8, 4) is 0 Å². The Morgan fingerprint density at radius 3 is 2.65 bits per heavy atom. The lowest BCUT2D eigenvalue weighted by molar-refractivity contribution is 0.120. The van der Waals surface area contributed by atoms with E-state index in [1.807, 2.05) is 0 Å². The van der Waals surface area contributed by atoms with Gasteiger partial charge in [0.25, 0.3) is 0 Å². The van der Waals surface area contributed by atoms with Crippen molar-refractivity contribution in [3.05, 3.63) is 0 Å². The Bertz CT molecular complexity index is 234. The molecule has 0 bridgehead atoms. The molecule has 2 nitrogen and oxygen atoms in total. The van der Waals surface area contributed by atoms with E-state index >= 15 is 0 Å². The number of hydrogen-bond acceptors (Lipinski definition) is 3. The van der Waals surface area contributed by atoms with E-state index in [4.69, 9.17) is 5.73 Å². The summed E-state index contributed by atoms with van der Waals surface area (Å²) in [5, 5.41) is 0.804. The lowest BCUT2D eigenvalue weighted by Gasteiger charge is -2.42. The molecule has 17 heavy (non-hydrogen) atoms. The van der Waals surface area contributed by atoms with Gasteiger partial charge in [-0.1, -0.05) is 20.8 Å². The van der Waals surface area contributed by atoms with Crippen molar-refractivity contribution in [2.24, 2.45) is 23.5 Å². The zero-order chi connectivity index (χ0) is 12.4. The fourth-order valence-corrected chi connectivity index (χ4v) is 4.72. The van der Waals surface area contributed by atoms with Crippen LogP contribution in [0.5, 0.6) is 0 Å². The lowest BCUT2D eigenvalue weighted by atomic mass is 9.72. The van der Waals surface area contributed by atoms with Crippen LogP contribution in [0.4, 0.5) is 0 Å². The second kappa shape index (κ2) is 5.94. The molecule has 2 aliphatic rings. The highest BCUT2D eigenvalue weighted by molar-refractivity contribution is 7.99.